The lowest BCUT2D eigenvalue weighted by Crippen LogP contribution is -2.50. The van der Waals surface area contributed by atoms with Gasteiger partial charge in [0.15, 0.2) is 0 Å². The number of hydrogen-bond donors (Lipinski definition) is 0. The van der Waals surface area contributed by atoms with Gasteiger partial charge in [-0.05, 0) is 74.3 Å². The predicted molar refractivity (Wildman–Crippen MR) is 116 cm³/mol. The quantitative estimate of drug-likeness (QED) is 0.340. The highest BCUT2D eigenvalue weighted by Crippen LogP contribution is 2.54. The monoisotopic (exact) mass is 412 g/mol. The van der Waals surface area contributed by atoms with Crippen LogP contribution in [0.1, 0.15) is 98.3 Å². The first-order valence-corrected chi connectivity index (χ1v) is 12.1. The fraction of sp³-hybridized carbons (Fsp3) is 0.692. The van der Waals surface area contributed by atoms with E-state index in [1.165, 1.54) is 57.8 Å². The zero-order chi connectivity index (χ0) is 20.9. The van der Waals surface area contributed by atoms with Crippen molar-refractivity contribution in [1.82, 2.24) is 0 Å². The summed E-state index contributed by atoms with van der Waals surface area (Å²) in [7, 11) is 0. The van der Waals surface area contributed by atoms with Gasteiger partial charge in [0, 0.05) is 0 Å². The highest BCUT2D eigenvalue weighted by atomic mass is 16.5. The Bertz CT molecular complexity index is 712. The molecule has 4 aliphatic rings. The molecular weight excluding hydrogens is 376 g/mol. The number of esters is 2. The van der Waals surface area contributed by atoms with Crippen LogP contribution < -0.4 is 0 Å². The molecule has 5 rings (SSSR count). The fourth-order valence-corrected chi connectivity index (χ4v) is 6.22. The molecule has 4 fully saturated rings. The molecule has 1 aromatic carbocycles. The maximum Gasteiger partial charge on any atom is 0.339 e. The lowest BCUT2D eigenvalue weighted by atomic mass is 9.55. The van der Waals surface area contributed by atoms with Gasteiger partial charge in [-0.1, -0.05) is 51.2 Å². The highest BCUT2D eigenvalue weighted by molar-refractivity contribution is 6.03. The van der Waals surface area contributed by atoms with E-state index in [4.69, 9.17) is 9.47 Å². The Morgan fingerprint density at radius 1 is 0.800 bits per heavy atom. The minimum absolute atomic E-state index is 0.0255. The molecule has 164 valence electrons. The van der Waals surface area contributed by atoms with Crippen molar-refractivity contribution in [2.45, 2.75) is 83.7 Å². The number of ether oxygens (including phenoxy) is 2. The van der Waals surface area contributed by atoms with Gasteiger partial charge in [0.25, 0.3) is 0 Å². The summed E-state index contributed by atoms with van der Waals surface area (Å²) in [6.45, 7) is 2.61. The number of benzene rings is 1. The Kier molecular flexibility index (Phi) is 7.12. The zero-order valence-electron chi connectivity index (χ0n) is 18.3. The van der Waals surface area contributed by atoms with Gasteiger partial charge in [0.05, 0.1) is 17.7 Å². The minimum Gasteiger partial charge on any atom is -0.462 e. The topological polar surface area (TPSA) is 52.6 Å². The number of carbonyl (C=O) groups is 2. The number of unbranched alkanes of at least 4 members (excludes halogenated alkanes) is 5. The van der Waals surface area contributed by atoms with Crippen LogP contribution in [-0.4, -0.2) is 24.6 Å². The molecule has 30 heavy (non-hydrogen) atoms. The van der Waals surface area contributed by atoms with Crippen LogP contribution in [-0.2, 0) is 9.47 Å². The van der Waals surface area contributed by atoms with Crippen LogP contribution in [0.2, 0.25) is 0 Å². The largest absolute Gasteiger partial charge is 0.462 e. The summed E-state index contributed by atoms with van der Waals surface area (Å²) in [4.78, 5) is 25.6. The standard InChI is InChI=1S/C26H36O4/c1-2-3-4-5-6-9-12-29-25(27)22-10-7-8-11-23(22)26(28)30-24-20-14-18-13-19(16-20)17-21(24)15-18/h7-8,10-11,18-21,24H,2-6,9,12-17H2,1H3. The Hall–Kier alpha value is -1.84. The van der Waals surface area contributed by atoms with Crippen molar-refractivity contribution < 1.29 is 19.1 Å². The molecule has 4 saturated carbocycles. The molecule has 0 aromatic heterocycles. The summed E-state index contributed by atoms with van der Waals surface area (Å²) in [5.41, 5.74) is 0.677. The van der Waals surface area contributed by atoms with Gasteiger partial charge in [0.1, 0.15) is 6.10 Å². The smallest absolute Gasteiger partial charge is 0.339 e. The van der Waals surface area contributed by atoms with E-state index in [2.05, 4.69) is 6.92 Å². The van der Waals surface area contributed by atoms with E-state index in [1.54, 1.807) is 24.3 Å². The molecule has 0 N–H and O–H groups in total. The Morgan fingerprint density at radius 2 is 1.37 bits per heavy atom. The third-order valence-electron chi connectivity index (χ3n) is 7.48. The minimum atomic E-state index is -0.416. The number of rotatable bonds is 10. The summed E-state index contributed by atoms with van der Waals surface area (Å²) in [5, 5.41) is 0. The van der Waals surface area contributed by atoms with Gasteiger partial charge in [-0.2, -0.15) is 0 Å². The normalized spacial score (nSPS) is 29.0. The molecule has 4 aliphatic carbocycles. The summed E-state index contributed by atoms with van der Waals surface area (Å²) < 4.78 is 11.5. The van der Waals surface area contributed by atoms with Gasteiger partial charge in [-0.25, -0.2) is 9.59 Å². The number of carbonyl (C=O) groups excluding carboxylic acids is 2. The first-order valence-electron chi connectivity index (χ1n) is 12.1. The Balaban J connectivity index is 1.31. The molecule has 0 amide bonds. The van der Waals surface area contributed by atoms with Crippen molar-refractivity contribution in [1.29, 1.82) is 0 Å². The second kappa shape index (κ2) is 9.98. The maximum atomic E-state index is 13.0. The van der Waals surface area contributed by atoms with Crippen molar-refractivity contribution in [3.05, 3.63) is 35.4 Å². The summed E-state index contributed by atoms with van der Waals surface area (Å²) >= 11 is 0. The molecule has 0 aliphatic heterocycles. The van der Waals surface area contributed by atoms with Crippen LogP contribution in [0.25, 0.3) is 0 Å². The van der Waals surface area contributed by atoms with E-state index < -0.39 is 5.97 Å². The van der Waals surface area contributed by atoms with E-state index in [-0.39, 0.29) is 12.1 Å². The van der Waals surface area contributed by atoms with Gasteiger partial charge in [0.2, 0.25) is 0 Å². The van der Waals surface area contributed by atoms with Gasteiger partial charge >= 0.3 is 11.9 Å². The van der Waals surface area contributed by atoms with E-state index in [1.807, 2.05) is 0 Å². The van der Waals surface area contributed by atoms with E-state index in [0.717, 1.165) is 24.7 Å². The summed E-state index contributed by atoms with van der Waals surface area (Å²) in [6.07, 6.45) is 13.1. The molecular formula is C26H36O4. The van der Waals surface area contributed by atoms with Crippen molar-refractivity contribution >= 4 is 11.9 Å². The van der Waals surface area contributed by atoms with E-state index in [9.17, 15) is 9.59 Å². The van der Waals surface area contributed by atoms with Crippen LogP contribution in [0.5, 0.6) is 0 Å². The molecule has 4 heteroatoms. The van der Waals surface area contributed by atoms with E-state index >= 15 is 0 Å². The molecule has 0 heterocycles. The second-order valence-electron chi connectivity index (χ2n) is 9.75. The Morgan fingerprint density at radius 3 is 2.00 bits per heavy atom. The third kappa shape index (κ3) is 4.90. The van der Waals surface area contributed by atoms with Gasteiger partial charge in [-0.15, -0.1) is 0 Å². The van der Waals surface area contributed by atoms with Crippen molar-refractivity contribution in [3.8, 4) is 0 Å². The fourth-order valence-electron chi connectivity index (χ4n) is 6.22. The first-order chi connectivity index (χ1) is 14.7. The van der Waals surface area contributed by atoms with Gasteiger partial charge in [-0.3, -0.25) is 0 Å². The first kappa shape index (κ1) is 21.4. The van der Waals surface area contributed by atoms with Gasteiger partial charge < -0.3 is 9.47 Å². The third-order valence-corrected chi connectivity index (χ3v) is 7.48. The predicted octanol–water partition coefficient (Wildman–Crippen LogP) is 6.19. The van der Waals surface area contributed by atoms with Crippen LogP contribution in [0, 0.1) is 23.7 Å². The van der Waals surface area contributed by atoms with Crippen molar-refractivity contribution in [3.63, 3.8) is 0 Å². The van der Waals surface area contributed by atoms with Crippen LogP contribution in [0.15, 0.2) is 24.3 Å². The van der Waals surface area contributed by atoms with Crippen LogP contribution in [0.4, 0.5) is 0 Å². The highest BCUT2D eigenvalue weighted by Gasteiger charge is 2.50. The SMILES string of the molecule is CCCCCCCCOC(=O)c1ccccc1C(=O)OC1C2CC3CC(C2)CC1C3. The van der Waals surface area contributed by atoms with Crippen LogP contribution in [0.3, 0.4) is 0 Å². The molecule has 0 saturated heterocycles. The number of hydrogen-bond acceptors (Lipinski definition) is 4. The molecule has 0 spiro atoms. The lowest BCUT2D eigenvalue weighted by molar-refractivity contribution is -0.101. The summed E-state index contributed by atoms with van der Waals surface area (Å²) in [5.74, 6) is 1.92. The summed E-state index contributed by atoms with van der Waals surface area (Å²) in [6, 6.07) is 6.94. The van der Waals surface area contributed by atoms with E-state index in [0.29, 0.717) is 29.6 Å². The maximum absolute atomic E-state index is 13.0. The van der Waals surface area contributed by atoms with Crippen molar-refractivity contribution in [2.24, 2.45) is 23.7 Å². The lowest BCUT2D eigenvalue weighted by Gasteiger charge is -2.53. The van der Waals surface area contributed by atoms with Crippen molar-refractivity contribution in [2.75, 3.05) is 6.61 Å². The average Bonchev–Trinajstić information content (AvgIpc) is 2.75. The molecule has 4 nitrogen and oxygen atoms in total. The molecule has 0 unspecified atom stereocenters. The van der Waals surface area contributed by atoms with Crippen LogP contribution >= 0.6 is 0 Å². The Labute approximate surface area is 180 Å². The zero-order valence-corrected chi connectivity index (χ0v) is 18.3. The second-order valence-corrected chi connectivity index (χ2v) is 9.75. The molecule has 4 bridgehead atoms. The molecule has 1 aromatic rings. The molecule has 0 atom stereocenters. The average molecular weight is 413 g/mol. The molecule has 0 radical (unpaired) electrons.